The van der Waals surface area contributed by atoms with Gasteiger partial charge >= 0.3 is 0 Å². The minimum Gasteiger partial charge on any atom is -0.481 e. The summed E-state index contributed by atoms with van der Waals surface area (Å²) in [7, 11) is 0. The fourth-order valence-corrected chi connectivity index (χ4v) is 0.356. The summed E-state index contributed by atoms with van der Waals surface area (Å²) in [5.41, 5.74) is 2.65. The average molecular weight is 192 g/mol. The lowest BCUT2D eigenvalue weighted by Gasteiger charge is -2.00. The quantitative estimate of drug-likeness (QED) is 0.296. The number of hydrogen-bond acceptors (Lipinski definition) is 4. The van der Waals surface area contributed by atoms with Crippen LogP contribution in [0.4, 0.5) is 0 Å². The standard InChI is InChI=1S/C5H12N2O2.C2H4O2/c1-2-9-7-4-3-6-5-8;1-2(3)4/h5,7H,2-4H2,1H3,(H,6,8);1H3,(H,3,4). The highest BCUT2D eigenvalue weighted by molar-refractivity contribution is 5.62. The molecule has 0 atom stereocenters. The van der Waals surface area contributed by atoms with Gasteiger partial charge in [-0.15, -0.1) is 0 Å². The molecule has 0 aliphatic rings. The van der Waals surface area contributed by atoms with Crippen molar-refractivity contribution in [2.45, 2.75) is 13.8 Å². The normalized spacial score (nSPS) is 8.15. The van der Waals surface area contributed by atoms with Gasteiger partial charge < -0.3 is 15.3 Å². The SMILES string of the molecule is CC(=O)O.CCONCCNC=O. The third-order valence-corrected chi connectivity index (χ3v) is 0.701. The molecule has 0 spiro atoms. The van der Waals surface area contributed by atoms with Gasteiger partial charge in [0.1, 0.15) is 0 Å². The first-order valence-corrected chi connectivity index (χ1v) is 3.86. The zero-order valence-electron chi connectivity index (χ0n) is 7.87. The molecule has 0 aliphatic carbocycles. The molecule has 0 fully saturated rings. The molecule has 6 nitrogen and oxygen atoms in total. The second-order valence-corrected chi connectivity index (χ2v) is 1.92. The van der Waals surface area contributed by atoms with Gasteiger partial charge in [-0.05, 0) is 6.92 Å². The first kappa shape index (κ1) is 14.4. The summed E-state index contributed by atoms with van der Waals surface area (Å²) in [6, 6.07) is 0. The number of aliphatic carboxylic acids is 1. The van der Waals surface area contributed by atoms with Crippen molar-refractivity contribution in [2.24, 2.45) is 0 Å². The first-order chi connectivity index (χ1) is 6.15. The van der Waals surface area contributed by atoms with Crippen molar-refractivity contribution in [1.29, 1.82) is 0 Å². The third kappa shape index (κ3) is 36.1. The first-order valence-electron chi connectivity index (χ1n) is 3.86. The molecule has 0 aliphatic heterocycles. The van der Waals surface area contributed by atoms with Gasteiger partial charge in [-0.2, -0.15) is 0 Å². The number of rotatable bonds is 6. The monoisotopic (exact) mass is 192 g/mol. The van der Waals surface area contributed by atoms with Gasteiger partial charge in [-0.25, -0.2) is 5.48 Å². The van der Waals surface area contributed by atoms with Crippen LogP contribution in [0.5, 0.6) is 0 Å². The molecule has 0 saturated heterocycles. The van der Waals surface area contributed by atoms with E-state index < -0.39 is 5.97 Å². The molecular formula is C7H16N2O4. The van der Waals surface area contributed by atoms with Crippen LogP contribution >= 0.6 is 0 Å². The number of hydroxylamine groups is 1. The molecule has 0 unspecified atom stereocenters. The van der Waals surface area contributed by atoms with E-state index in [4.69, 9.17) is 14.7 Å². The second-order valence-electron chi connectivity index (χ2n) is 1.92. The van der Waals surface area contributed by atoms with Crippen LogP contribution in [0.15, 0.2) is 0 Å². The summed E-state index contributed by atoms with van der Waals surface area (Å²) < 4.78 is 0. The Morgan fingerprint density at radius 3 is 2.46 bits per heavy atom. The summed E-state index contributed by atoms with van der Waals surface area (Å²) in [6.07, 6.45) is 0.660. The summed E-state index contributed by atoms with van der Waals surface area (Å²) in [4.78, 5) is 23.4. The number of hydrogen-bond donors (Lipinski definition) is 3. The number of carboxylic acids is 1. The van der Waals surface area contributed by atoms with Crippen LogP contribution in [-0.2, 0) is 14.4 Å². The Bertz CT molecular complexity index is 126. The third-order valence-electron chi connectivity index (χ3n) is 0.701. The fourth-order valence-electron chi connectivity index (χ4n) is 0.356. The molecule has 13 heavy (non-hydrogen) atoms. The highest BCUT2D eigenvalue weighted by atomic mass is 16.6. The van der Waals surface area contributed by atoms with Crippen molar-refractivity contribution in [1.82, 2.24) is 10.8 Å². The van der Waals surface area contributed by atoms with E-state index in [2.05, 4.69) is 10.8 Å². The Kier molecular flexibility index (Phi) is 14.9. The van der Waals surface area contributed by atoms with Gasteiger partial charge in [-0.1, -0.05) is 0 Å². The minimum absolute atomic E-state index is 0.601. The van der Waals surface area contributed by atoms with E-state index in [-0.39, 0.29) is 0 Å². The van der Waals surface area contributed by atoms with E-state index in [1.165, 1.54) is 0 Å². The highest BCUT2D eigenvalue weighted by Gasteiger charge is 1.81. The molecule has 0 aromatic carbocycles. The smallest absolute Gasteiger partial charge is 0.300 e. The Morgan fingerprint density at radius 1 is 1.54 bits per heavy atom. The maximum absolute atomic E-state index is 9.66. The average Bonchev–Trinajstić information content (AvgIpc) is 2.03. The van der Waals surface area contributed by atoms with Gasteiger partial charge in [0.05, 0.1) is 6.61 Å². The van der Waals surface area contributed by atoms with Crippen molar-refractivity contribution in [2.75, 3.05) is 19.7 Å². The molecule has 1 amide bonds. The molecule has 3 N–H and O–H groups in total. The van der Waals surface area contributed by atoms with E-state index in [1.807, 2.05) is 6.92 Å². The minimum atomic E-state index is -0.833. The van der Waals surface area contributed by atoms with Crippen LogP contribution in [0.2, 0.25) is 0 Å². The molecule has 0 rings (SSSR count). The molecule has 0 radical (unpaired) electrons. The maximum atomic E-state index is 9.66. The van der Waals surface area contributed by atoms with Crippen molar-refractivity contribution < 1.29 is 19.5 Å². The number of carboxylic acid groups (broad SMARTS) is 1. The molecular weight excluding hydrogens is 176 g/mol. The molecule has 0 bridgehead atoms. The van der Waals surface area contributed by atoms with Crippen LogP contribution < -0.4 is 10.8 Å². The molecule has 0 saturated carbocycles. The van der Waals surface area contributed by atoms with Crippen molar-refractivity contribution in [3.8, 4) is 0 Å². The van der Waals surface area contributed by atoms with Gasteiger partial charge in [0, 0.05) is 20.0 Å². The van der Waals surface area contributed by atoms with Gasteiger partial charge in [0.2, 0.25) is 6.41 Å². The number of nitrogens with one attached hydrogen (secondary N) is 2. The lowest BCUT2D eigenvalue weighted by atomic mass is 10.7. The van der Waals surface area contributed by atoms with E-state index in [9.17, 15) is 4.79 Å². The molecule has 0 aromatic rings. The van der Waals surface area contributed by atoms with Crippen LogP contribution in [0.3, 0.4) is 0 Å². The van der Waals surface area contributed by atoms with Crippen LogP contribution in [-0.4, -0.2) is 37.2 Å². The Hall–Kier alpha value is -1.14. The van der Waals surface area contributed by atoms with Crippen molar-refractivity contribution in [3.05, 3.63) is 0 Å². The van der Waals surface area contributed by atoms with E-state index in [1.54, 1.807) is 0 Å². The number of carbonyl (C=O) groups excluding carboxylic acids is 1. The van der Waals surface area contributed by atoms with Crippen LogP contribution in [0, 0.1) is 0 Å². The number of amides is 1. The summed E-state index contributed by atoms with van der Waals surface area (Å²) in [5.74, 6) is -0.833. The zero-order chi connectivity index (χ0) is 10.5. The molecule has 0 aromatic heterocycles. The van der Waals surface area contributed by atoms with Crippen LogP contribution in [0.1, 0.15) is 13.8 Å². The Labute approximate surface area is 77.2 Å². The van der Waals surface area contributed by atoms with Crippen molar-refractivity contribution >= 4 is 12.4 Å². The van der Waals surface area contributed by atoms with Gasteiger partial charge in [0.25, 0.3) is 5.97 Å². The number of carbonyl (C=O) groups is 2. The lowest BCUT2D eigenvalue weighted by molar-refractivity contribution is -0.134. The summed E-state index contributed by atoms with van der Waals surface area (Å²) >= 11 is 0. The summed E-state index contributed by atoms with van der Waals surface area (Å²) in [6.45, 7) is 4.86. The summed E-state index contributed by atoms with van der Waals surface area (Å²) in [5, 5.41) is 9.90. The maximum Gasteiger partial charge on any atom is 0.300 e. The second kappa shape index (κ2) is 13.4. The predicted molar refractivity (Wildman–Crippen MR) is 47.0 cm³/mol. The molecule has 0 heterocycles. The fraction of sp³-hybridized carbons (Fsp3) is 0.714. The van der Waals surface area contributed by atoms with E-state index >= 15 is 0 Å². The molecule has 6 heteroatoms. The highest BCUT2D eigenvalue weighted by Crippen LogP contribution is 1.61. The van der Waals surface area contributed by atoms with Crippen LogP contribution in [0.25, 0.3) is 0 Å². The van der Waals surface area contributed by atoms with E-state index in [0.717, 1.165) is 6.92 Å². The van der Waals surface area contributed by atoms with Crippen molar-refractivity contribution in [3.63, 3.8) is 0 Å². The predicted octanol–water partition coefficient (Wildman–Crippen LogP) is -0.636. The topological polar surface area (TPSA) is 87.7 Å². The molecule has 78 valence electrons. The van der Waals surface area contributed by atoms with Gasteiger partial charge in [-0.3, -0.25) is 9.59 Å². The Morgan fingerprint density at radius 2 is 2.08 bits per heavy atom. The largest absolute Gasteiger partial charge is 0.481 e. The zero-order valence-corrected chi connectivity index (χ0v) is 7.87. The Balaban J connectivity index is 0. The van der Waals surface area contributed by atoms with Gasteiger partial charge in [0.15, 0.2) is 0 Å². The van der Waals surface area contributed by atoms with E-state index in [0.29, 0.717) is 26.1 Å². The lowest BCUT2D eigenvalue weighted by Crippen LogP contribution is -2.26.